The Morgan fingerprint density at radius 1 is 0.952 bits per heavy atom. The standard InChI is InChI=1S/C20H20O/c1-15(2)14-20(21)19-11-7-6-10-18(19)13-12-17-9-5-4-8-16(17)3/h4-11,14,20-21H,1-3H3. The van der Waals surface area contributed by atoms with Gasteiger partial charge in [0, 0.05) is 11.1 Å². The fourth-order valence-electron chi connectivity index (χ4n) is 2.12. The lowest BCUT2D eigenvalue weighted by Crippen LogP contribution is -1.97. The fraction of sp³-hybridized carbons (Fsp3) is 0.200. The van der Waals surface area contributed by atoms with Crippen molar-refractivity contribution in [3.63, 3.8) is 0 Å². The highest BCUT2D eigenvalue weighted by Gasteiger charge is 2.07. The zero-order chi connectivity index (χ0) is 15.2. The molecule has 1 atom stereocenters. The van der Waals surface area contributed by atoms with Crippen molar-refractivity contribution in [3.05, 3.63) is 82.4 Å². The molecule has 0 aromatic heterocycles. The Morgan fingerprint density at radius 2 is 1.52 bits per heavy atom. The van der Waals surface area contributed by atoms with Crippen molar-refractivity contribution in [2.45, 2.75) is 26.9 Å². The minimum Gasteiger partial charge on any atom is -0.384 e. The Hall–Kier alpha value is -2.30. The van der Waals surface area contributed by atoms with E-state index in [9.17, 15) is 5.11 Å². The quantitative estimate of drug-likeness (QED) is 0.637. The van der Waals surface area contributed by atoms with Gasteiger partial charge in [-0.15, -0.1) is 0 Å². The maximum atomic E-state index is 10.3. The smallest absolute Gasteiger partial charge is 0.0986 e. The summed E-state index contributed by atoms with van der Waals surface area (Å²) in [5, 5.41) is 10.3. The number of benzene rings is 2. The van der Waals surface area contributed by atoms with Crippen LogP contribution in [0.1, 0.15) is 42.2 Å². The fourth-order valence-corrected chi connectivity index (χ4v) is 2.12. The molecule has 2 aromatic carbocycles. The van der Waals surface area contributed by atoms with Crippen LogP contribution in [0.2, 0.25) is 0 Å². The number of hydrogen-bond donors (Lipinski definition) is 1. The van der Waals surface area contributed by atoms with E-state index in [1.807, 2.05) is 75.4 Å². The third-order valence-electron chi connectivity index (χ3n) is 3.25. The second-order valence-corrected chi connectivity index (χ2v) is 5.34. The maximum Gasteiger partial charge on any atom is 0.0986 e. The van der Waals surface area contributed by atoms with Crippen molar-refractivity contribution in [1.29, 1.82) is 0 Å². The summed E-state index contributed by atoms with van der Waals surface area (Å²) in [6.45, 7) is 6.00. The topological polar surface area (TPSA) is 20.2 Å². The van der Waals surface area contributed by atoms with E-state index in [1.54, 1.807) is 0 Å². The first kappa shape index (κ1) is 15.1. The van der Waals surface area contributed by atoms with Crippen LogP contribution in [0.4, 0.5) is 0 Å². The molecule has 0 spiro atoms. The second-order valence-electron chi connectivity index (χ2n) is 5.34. The molecule has 1 heteroatoms. The van der Waals surface area contributed by atoms with E-state index in [4.69, 9.17) is 0 Å². The monoisotopic (exact) mass is 276 g/mol. The summed E-state index contributed by atoms with van der Waals surface area (Å²) in [5.41, 5.74) is 4.98. The number of aliphatic hydroxyl groups excluding tert-OH is 1. The minimum atomic E-state index is -0.614. The largest absolute Gasteiger partial charge is 0.384 e. The van der Waals surface area contributed by atoms with Crippen molar-refractivity contribution in [2.24, 2.45) is 0 Å². The van der Waals surface area contributed by atoms with Crippen molar-refractivity contribution < 1.29 is 5.11 Å². The van der Waals surface area contributed by atoms with Gasteiger partial charge in [0.15, 0.2) is 0 Å². The van der Waals surface area contributed by atoms with Crippen LogP contribution in [-0.4, -0.2) is 5.11 Å². The van der Waals surface area contributed by atoms with Crippen molar-refractivity contribution in [2.75, 3.05) is 0 Å². The van der Waals surface area contributed by atoms with Gasteiger partial charge in [0.25, 0.3) is 0 Å². The first-order valence-corrected chi connectivity index (χ1v) is 7.07. The van der Waals surface area contributed by atoms with Crippen molar-refractivity contribution in [3.8, 4) is 11.8 Å². The Balaban J connectivity index is 2.39. The summed E-state index contributed by atoms with van der Waals surface area (Å²) in [7, 11) is 0. The van der Waals surface area contributed by atoms with E-state index in [0.29, 0.717) is 0 Å². The number of hydrogen-bond acceptors (Lipinski definition) is 1. The number of allylic oxidation sites excluding steroid dienone is 1. The number of aryl methyl sites for hydroxylation is 1. The second kappa shape index (κ2) is 6.92. The predicted molar refractivity (Wildman–Crippen MR) is 88.0 cm³/mol. The van der Waals surface area contributed by atoms with Crippen LogP contribution in [0.3, 0.4) is 0 Å². The molecule has 0 aliphatic carbocycles. The molecule has 0 heterocycles. The van der Waals surface area contributed by atoms with Gasteiger partial charge in [0.2, 0.25) is 0 Å². The molecular formula is C20H20O. The van der Waals surface area contributed by atoms with E-state index in [2.05, 4.69) is 11.8 Å². The molecule has 1 N–H and O–H groups in total. The molecule has 0 amide bonds. The maximum absolute atomic E-state index is 10.3. The van der Waals surface area contributed by atoms with Gasteiger partial charge < -0.3 is 5.11 Å². The first-order chi connectivity index (χ1) is 10.1. The average molecular weight is 276 g/mol. The Bertz CT molecular complexity index is 710. The van der Waals surface area contributed by atoms with Crippen LogP contribution in [-0.2, 0) is 0 Å². The zero-order valence-corrected chi connectivity index (χ0v) is 12.7. The molecule has 106 valence electrons. The van der Waals surface area contributed by atoms with E-state index < -0.39 is 6.10 Å². The first-order valence-electron chi connectivity index (χ1n) is 7.07. The van der Waals surface area contributed by atoms with Crippen molar-refractivity contribution in [1.82, 2.24) is 0 Å². The van der Waals surface area contributed by atoms with Gasteiger partial charge in [-0.05, 0) is 44.0 Å². The third kappa shape index (κ3) is 4.08. The SMILES string of the molecule is CC(C)=CC(O)c1ccccc1C#Cc1ccccc1C. The van der Waals surface area contributed by atoms with Gasteiger partial charge in [-0.3, -0.25) is 0 Å². The summed E-state index contributed by atoms with van der Waals surface area (Å²) < 4.78 is 0. The van der Waals surface area contributed by atoms with Crippen LogP contribution in [0.5, 0.6) is 0 Å². The number of aliphatic hydroxyl groups is 1. The molecule has 0 bridgehead atoms. The van der Waals surface area contributed by atoms with Gasteiger partial charge >= 0.3 is 0 Å². The van der Waals surface area contributed by atoms with Crippen molar-refractivity contribution >= 4 is 0 Å². The summed E-state index contributed by atoms with van der Waals surface area (Å²) in [4.78, 5) is 0. The highest BCUT2D eigenvalue weighted by atomic mass is 16.3. The molecule has 2 rings (SSSR count). The summed E-state index contributed by atoms with van der Waals surface area (Å²) >= 11 is 0. The van der Waals surface area contributed by atoms with Crippen LogP contribution in [0.25, 0.3) is 0 Å². The summed E-state index contributed by atoms with van der Waals surface area (Å²) in [6.07, 6.45) is 1.23. The molecule has 21 heavy (non-hydrogen) atoms. The van der Waals surface area contributed by atoms with E-state index in [-0.39, 0.29) is 0 Å². The van der Waals surface area contributed by atoms with Crippen LogP contribution in [0, 0.1) is 18.8 Å². The van der Waals surface area contributed by atoms with E-state index in [1.165, 1.54) is 0 Å². The summed E-state index contributed by atoms with van der Waals surface area (Å²) in [6, 6.07) is 15.8. The third-order valence-corrected chi connectivity index (χ3v) is 3.25. The molecule has 0 fully saturated rings. The van der Waals surface area contributed by atoms with E-state index >= 15 is 0 Å². The van der Waals surface area contributed by atoms with Crippen LogP contribution < -0.4 is 0 Å². The summed E-state index contributed by atoms with van der Waals surface area (Å²) in [5.74, 6) is 6.38. The van der Waals surface area contributed by atoms with Crippen LogP contribution in [0.15, 0.2) is 60.2 Å². The normalized spacial score (nSPS) is 11.2. The minimum absolute atomic E-state index is 0.614. The lowest BCUT2D eigenvalue weighted by molar-refractivity contribution is 0.227. The van der Waals surface area contributed by atoms with Gasteiger partial charge in [-0.25, -0.2) is 0 Å². The molecule has 0 radical (unpaired) electrons. The van der Waals surface area contributed by atoms with E-state index in [0.717, 1.165) is 27.8 Å². The molecule has 1 nitrogen and oxygen atoms in total. The van der Waals surface area contributed by atoms with Crippen LogP contribution >= 0.6 is 0 Å². The van der Waals surface area contributed by atoms with Gasteiger partial charge in [-0.1, -0.05) is 59.9 Å². The lowest BCUT2D eigenvalue weighted by atomic mass is 10.0. The Labute approximate surface area is 127 Å². The average Bonchev–Trinajstić information content (AvgIpc) is 2.46. The molecule has 2 aromatic rings. The molecule has 0 aliphatic heterocycles. The van der Waals surface area contributed by atoms with Gasteiger partial charge in [0.05, 0.1) is 6.10 Å². The molecule has 0 saturated heterocycles. The van der Waals surface area contributed by atoms with Gasteiger partial charge in [-0.2, -0.15) is 0 Å². The molecule has 1 unspecified atom stereocenters. The highest BCUT2D eigenvalue weighted by Crippen LogP contribution is 2.20. The molecule has 0 saturated carbocycles. The molecule has 0 aliphatic rings. The number of rotatable bonds is 2. The van der Waals surface area contributed by atoms with Gasteiger partial charge in [0.1, 0.15) is 0 Å². The predicted octanol–water partition coefficient (Wildman–Crippen LogP) is 4.39. The zero-order valence-electron chi connectivity index (χ0n) is 12.7. The Morgan fingerprint density at radius 3 is 2.19 bits per heavy atom. The molecular weight excluding hydrogens is 256 g/mol. The Kier molecular flexibility index (Phi) is 4.98. The highest BCUT2D eigenvalue weighted by molar-refractivity contribution is 5.49. The lowest BCUT2D eigenvalue weighted by Gasteiger charge is -2.09.